The Morgan fingerprint density at radius 3 is 2.42 bits per heavy atom. The zero-order valence-electron chi connectivity index (χ0n) is 7.81. The molecule has 1 N–H and O–H groups in total. The fraction of sp³-hybridized carbons (Fsp3) is 0.778. The number of carbonyl (C=O) groups excluding carboxylic acids is 2. The lowest BCUT2D eigenvalue weighted by atomic mass is 9.85. The Hall–Kier alpha value is -0.860. The van der Waals surface area contributed by atoms with Gasteiger partial charge in [-0.3, -0.25) is 9.59 Å². The van der Waals surface area contributed by atoms with Gasteiger partial charge in [-0.2, -0.15) is 0 Å². The van der Waals surface area contributed by atoms with E-state index in [0.29, 0.717) is 12.8 Å². The SMILES string of the molecule is CC(C)(C)C(=O)CC1CC(=O)N1. The van der Waals surface area contributed by atoms with Crippen molar-refractivity contribution in [3.63, 3.8) is 0 Å². The normalized spacial score (nSPS) is 22.9. The summed E-state index contributed by atoms with van der Waals surface area (Å²) in [6.45, 7) is 5.70. The Morgan fingerprint density at radius 2 is 2.08 bits per heavy atom. The molecule has 1 heterocycles. The first-order chi connectivity index (χ1) is 5.39. The molecule has 0 aliphatic carbocycles. The Kier molecular flexibility index (Phi) is 2.22. The lowest BCUT2D eigenvalue weighted by molar-refractivity contribution is -0.132. The molecule has 1 amide bonds. The molecule has 1 atom stereocenters. The molecule has 1 unspecified atom stereocenters. The molecule has 0 aromatic carbocycles. The standard InChI is InChI=1S/C9H15NO2/c1-9(2,3)7(11)4-6-5-8(12)10-6/h6H,4-5H2,1-3H3,(H,10,12). The maximum Gasteiger partial charge on any atom is 0.222 e. The fourth-order valence-corrected chi connectivity index (χ4v) is 1.08. The Bertz CT molecular complexity index is 207. The van der Waals surface area contributed by atoms with Crippen LogP contribution in [0.4, 0.5) is 0 Å². The Labute approximate surface area is 72.5 Å². The zero-order valence-corrected chi connectivity index (χ0v) is 7.81. The molecule has 3 nitrogen and oxygen atoms in total. The van der Waals surface area contributed by atoms with Gasteiger partial charge >= 0.3 is 0 Å². The number of rotatable bonds is 2. The van der Waals surface area contributed by atoms with E-state index < -0.39 is 0 Å². The van der Waals surface area contributed by atoms with Crippen molar-refractivity contribution in [2.75, 3.05) is 0 Å². The average Bonchev–Trinajstić information content (AvgIpc) is 1.82. The van der Waals surface area contributed by atoms with Gasteiger partial charge in [0.25, 0.3) is 0 Å². The number of amides is 1. The zero-order chi connectivity index (χ0) is 9.35. The van der Waals surface area contributed by atoms with Crippen LogP contribution in [0, 0.1) is 5.41 Å². The average molecular weight is 169 g/mol. The van der Waals surface area contributed by atoms with Crippen molar-refractivity contribution in [2.24, 2.45) is 5.41 Å². The van der Waals surface area contributed by atoms with Gasteiger partial charge in [-0.05, 0) is 0 Å². The summed E-state index contributed by atoms with van der Waals surface area (Å²) in [7, 11) is 0. The molecule has 1 aliphatic heterocycles. The summed E-state index contributed by atoms with van der Waals surface area (Å²) in [4.78, 5) is 21.9. The molecule has 1 aliphatic rings. The van der Waals surface area contributed by atoms with E-state index in [0.717, 1.165) is 0 Å². The van der Waals surface area contributed by atoms with Gasteiger partial charge in [0, 0.05) is 24.3 Å². The molecule has 0 aromatic heterocycles. The van der Waals surface area contributed by atoms with Crippen LogP contribution in [0.25, 0.3) is 0 Å². The van der Waals surface area contributed by atoms with Crippen LogP contribution >= 0.6 is 0 Å². The van der Waals surface area contributed by atoms with E-state index in [1.165, 1.54) is 0 Å². The van der Waals surface area contributed by atoms with Gasteiger partial charge in [-0.15, -0.1) is 0 Å². The number of Topliss-reactive ketones (excluding diaryl/α,β-unsaturated/α-hetero) is 1. The van der Waals surface area contributed by atoms with Crippen LogP contribution < -0.4 is 5.32 Å². The monoisotopic (exact) mass is 169 g/mol. The number of ketones is 1. The molecule has 1 fully saturated rings. The predicted octanol–water partition coefficient (Wildman–Crippen LogP) is 0.880. The molecule has 68 valence electrons. The van der Waals surface area contributed by atoms with Crippen LogP contribution in [0.1, 0.15) is 33.6 Å². The van der Waals surface area contributed by atoms with Crippen molar-refractivity contribution in [1.29, 1.82) is 0 Å². The highest BCUT2D eigenvalue weighted by molar-refractivity contribution is 5.89. The van der Waals surface area contributed by atoms with Gasteiger partial charge in [-0.1, -0.05) is 20.8 Å². The van der Waals surface area contributed by atoms with Gasteiger partial charge in [-0.25, -0.2) is 0 Å². The van der Waals surface area contributed by atoms with Crippen molar-refractivity contribution >= 4 is 11.7 Å². The fourth-order valence-electron chi connectivity index (χ4n) is 1.08. The van der Waals surface area contributed by atoms with E-state index in [9.17, 15) is 9.59 Å². The molecule has 1 rings (SSSR count). The number of β-lactam (4-membered cyclic amide) rings is 1. The highest BCUT2D eigenvalue weighted by Crippen LogP contribution is 2.20. The quantitative estimate of drug-likeness (QED) is 0.624. The minimum atomic E-state index is -0.277. The summed E-state index contributed by atoms with van der Waals surface area (Å²) in [5, 5.41) is 2.69. The Morgan fingerprint density at radius 1 is 1.58 bits per heavy atom. The van der Waals surface area contributed by atoms with Crippen molar-refractivity contribution in [2.45, 2.75) is 39.7 Å². The molecule has 3 heteroatoms. The van der Waals surface area contributed by atoms with Crippen LogP contribution in [-0.2, 0) is 9.59 Å². The molecule has 12 heavy (non-hydrogen) atoms. The molecule has 0 saturated carbocycles. The van der Waals surface area contributed by atoms with Crippen LogP contribution in [-0.4, -0.2) is 17.7 Å². The minimum absolute atomic E-state index is 0.0571. The second-order valence-electron chi connectivity index (χ2n) is 4.35. The van der Waals surface area contributed by atoms with Gasteiger partial charge in [0.2, 0.25) is 5.91 Å². The Balaban J connectivity index is 2.33. The third-order valence-electron chi connectivity index (χ3n) is 2.07. The van der Waals surface area contributed by atoms with Crippen LogP contribution in [0.5, 0.6) is 0 Å². The van der Waals surface area contributed by atoms with Crippen molar-refractivity contribution in [3.8, 4) is 0 Å². The van der Waals surface area contributed by atoms with Crippen LogP contribution in [0.15, 0.2) is 0 Å². The number of carbonyl (C=O) groups is 2. The van der Waals surface area contributed by atoms with Gasteiger partial charge in [0.15, 0.2) is 0 Å². The summed E-state index contributed by atoms with van der Waals surface area (Å²) in [5.74, 6) is 0.272. The molecule has 1 saturated heterocycles. The van der Waals surface area contributed by atoms with Gasteiger partial charge in [0.05, 0.1) is 0 Å². The largest absolute Gasteiger partial charge is 0.352 e. The molecule has 0 radical (unpaired) electrons. The van der Waals surface area contributed by atoms with Crippen molar-refractivity contribution in [1.82, 2.24) is 5.32 Å². The first kappa shape index (κ1) is 9.23. The van der Waals surface area contributed by atoms with E-state index >= 15 is 0 Å². The van der Waals surface area contributed by atoms with Crippen LogP contribution in [0.3, 0.4) is 0 Å². The predicted molar refractivity (Wildman–Crippen MR) is 45.6 cm³/mol. The maximum atomic E-state index is 11.4. The summed E-state index contributed by atoms with van der Waals surface area (Å²) in [6.07, 6.45) is 0.997. The molecule has 0 bridgehead atoms. The van der Waals surface area contributed by atoms with Crippen molar-refractivity contribution in [3.05, 3.63) is 0 Å². The smallest absolute Gasteiger partial charge is 0.222 e. The lowest BCUT2D eigenvalue weighted by Gasteiger charge is -2.28. The third kappa shape index (κ3) is 2.06. The summed E-state index contributed by atoms with van der Waals surface area (Å²) in [5.41, 5.74) is -0.277. The lowest BCUT2D eigenvalue weighted by Crippen LogP contribution is -2.50. The number of hydrogen-bond donors (Lipinski definition) is 1. The third-order valence-corrected chi connectivity index (χ3v) is 2.07. The summed E-state index contributed by atoms with van der Waals surface area (Å²) >= 11 is 0. The first-order valence-corrected chi connectivity index (χ1v) is 4.22. The maximum absolute atomic E-state index is 11.4. The van der Waals surface area contributed by atoms with Crippen LogP contribution in [0.2, 0.25) is 0 Å². The molecule has 0 aromatic rings. The minimum Gasteiger partial charge on any atom is -0.352 e. The number of hydrogen-bond acceptors (Lipinski definition) is 2. The van der Waals surface area contributed by atoms with Gasteiger partial charge in [0.1, 0.15) is 5.78 Å². The van der Waals surface area contributed by atoms with E-state index in [1.807, 2.05) is 20.8 Å². The molecular weight excluding hydrogens is 154 g/mol. The van der Waals surface area contributed by atoms with E-state index in [-0.39, 0.29) is 23.1 Å². The topological polar surface area (TPSA) is 46.2 Å². The second kappa shape index (κ2) is 2.88. The molecular formula is C9H15NO2. The van der Waals surface area contributed by atoms with E-state index in [2.05, 4.69) is 5.32 Å². The van der Waals surface area contributed by atoms with Crippen molar-refractivity contribution < 1.29 is 9.59 Å². The second-order valence-corrected chi connectivity index (χ2v) is 4.35. The van der Waals surface area contributed by atoms with E-state index in [4.69, 9.17) is 0 Å². The summed E-state index contributed by atoms with van der Waals surface area (Å²) in [6, 6.07) is 0.101. The highest BCUT2D eigenvalue weighted by atomic mass is 16.2. The first-order valence-electron chi connectivity index (χ1n) is 4.22. The summed E-state index contributed by atoms with van der Waals surface area (Å²) < 4.78 is 0. The number of nitrogens with one attached hydrogen (secondary N) is 1. The molecule has 0 spiro atoms. The van der Waals surface area contributed by atoms with Gasteiger partial charge < -0.3 is 5.32 Å². The highest BCUT2D eigenvalue weighted by Gasteiger charge is 2.31. The van der Waals surface area contributed by atoms with E-state index in [1.54, 1.807) is 0 Å².